The first-order chi connectivity index (χ1) is 12.1. The zero-order valence-corrected chi connectivity index (χ0v) is 14.9. The molecule has 25 heavy (non-hydrogen) atoms. The Labute approximate surface area is 151 Å². The maximum absolute atomic E-state index is 6.46. The van der Waals surface area contributed by atoms with Crippen LogP contribution in [-0.2, 0) is 0 Å². The monoisotopic (exact) mass is 352 g/mol. The van der Waals surface area contributed by atoms with E-state index in [4.69, 9.17) is 26.3 Å². The molecule has 2 aromatic carbocycles. The fourth-order valence-corrected chi connectivity index (χ4v) is 3.22. The highest BCUT2D eigenvalue weighted by Crippen LogP contribution is 2.35. The second-order valence-corrected chi connectivity index (χ2v) is 6.37. The van der Waals surface area contributed by atoms with Gasteiger partial charge in [-0.2, -0.15) is 0 Å². The maximum Gasteiger partial charge on any atom is 0.173 e. The van der Waals surface area contributed by atoms with Gasteiger partial charge in [0.05, 0.1) is 24.2 Å². The van der Waals surface area contributed by atoms with E-state index in [0.29, 0.717) is 10.9 Å². The summed E-state index contributed by atoms with van der Waals surface area (Å²) in [5, 5.41) is 0.654. The van der Waals surface area contributed by atoms with Crippen molar-refractivity contribution in [1.29, 1.82) is 0 Å². The molecule has 4 rings (SSSR count). The molecule has 2 N–H and O–H groups in total. The van der Waals surface area contributed by atoms with Crippen LogP contribution < -0.4 is 15.6 Å². The van der Waals surface area contributed by atoms with Crippen LogP contribution in [0.1, 0.15) is 23.6 Å². The smallest absolute Gasteiger partial charge is 0.173 e. The molecule has 0 radical (unpaired) electrons. The summed E-state index contributed by atoms with van der Waals surface area (Å²) in [6, 6.07) is 11.7. The summed E-state index contributed by atoms with van der Waals surface area (Å²) in [6.07, 6.45) is 0. The first kappa shape index (κ1) is 15.7. The lowest BCUT2D eigenvalue weighted by molar-refractivity contribution is 0.412. The molecule has 2 aromatic rings. The number of hydrogen-bond acceptors (Lipinski definition) is 5. The van der Waals surface area contributed by atoms with Crippen molar-refractivity contribution >= 4 is 28.8 Å². The quantitative estimate of drug-likeness (QED) is 0.862. The SMILES string of the molecule is COc1cc2c(cc1C)C(c1ccccc1Cl)=NC1=C(C)NNC1=N2. The Bertz CT molecular complexity index is 975. The van der Waals surface area contributed by atoms with Crippen molar-refractivity contribution in [3.05, 3.63) is 69.5 Å². The van der Waals surface area contributed by atoms with Gasteiger partial charge in [-0.05, 0) is 31.5 Å². The molecular weight excluding hydrogens is 336 g/mol. The van der Waals surface area contributed by atoms with Gasteiger partial charge < -0.3 is 10.2 Å². The number of nitrogens with zero attached hydrogens (tertiary/aromatic N) is 2. The van der Waals surface area contributed by atoms with E-state index in [-0.39, 0.29) is 0 Å². The third-order valence-corrected chi connectivity index (χ3v) is 4.63. The van der Waals surface area contributed by atoms with Crippen molar-refractivity contribution in [2.75, 3.05) is 7.11 Å². The molecule has 0 unspecified atom stereocenters. The fraction of sp³-hybridized carbons (Fsp3) is 0.158. The average molecular weight is 353 g/mol. The number of ether oxygens (including phenoxy) is 1. The van der Waals surface area contributed by atoms with Crippen LogP contribution in [0.4, 0.5) is 5.69 Å². The number of aryl methyl sites for hydroxylation is 1. The molecule has 0 saturated heterocycles. The van der Waals surface area contributed by atoms with Crippen LogP contribution >= 0.6 is 11.6 Å². The third kappa shape index (κ3) is 2.57. The summed E-state index contributed by atoms with van der Waals surface area (Å²) < 4.78 is 5.47. The van der Waals surface area contributed by atoms with Gasteiger partial charge in [0.2, 0.25) is 0 Å². The van der Waals surface area contributed by atoms with Gasteiger partial charge in [-0.25, -0.2) is 9.98 Å². The van der Waals surface area contributed by atoms with E-state index >= 15 is 0 Å². The Morgan fingerprint density at radius 1 is 1.00 bits per heavy atom. The molecule has 126 valence electrons. The Morgan fingerprint density at radius 2 is 1.80 bits per heavy atom. The molecular formula is C19H17ClN4O. The molecule has 2 heterocycles. The zero-order chi connectivity index (χ0) is 17.6. The molecule has 0 aliphatic carbocycles. The molecule has 2 aliphatic heterocycles. The number of hydrazine groups is 1. The Hall–Kier alpha value is -2.79. The molecule has 0 aromatic heterocycles. The molecule has 0 saturated carbocycles. The van der Waals surface area contributed by atoms with Crippen LogP contribution in [-0.4, -0.2) is 18.7 Å². The van der Waals surface area contributed by atoms with E-state index in [9.17, 15) is 0 Å². The first-order valence-corrected chi connectivity index (χ1v) is 8.31. The van der Waals surface area contributed by atoms with Crippen LogP contribution in [0.15, 0.2) is 57.8 Å². The van der Waals surface area contributed by atoms with E-state index in [2.05, 4.69) is 10.9 Å². The highest BCUT2D eigenvalue weighted by Gasteiger charge is 2.26. The van der Waals surface area contributed by atoms with E-state index in [1.54, 1.807) is 7.11 Å². The summed E-state index contributed by atoms with van der Waals surface area (Å²) in [7, 11) is 1.66. The maximum atomic E-state index is 6.46. The van der Waals surface area contributed by atoms with E-state index in [0.717, 1.165) is 45.2 Å². The lowest BCUT2D eigenvalue weighted by Crippen LogP contribution is -2.27. The average Bonchev–Trinajstić information content (AvgIpc) is 2.86. The van der Waals surface area contributed by atoms with Gasteiger partial charge in [0.25, 0.3) is 0 Å². The van der Waals surface area contributed by atoms with Crippen molar-refractivity contribution in [2.24, 2.45) is 9.98 Å². The standard InChI is InChI=1S/C19H17ClN4O/c1-10-8-13-15(9-16(10)25-3)21-19-17(11(2)23-24-19)22-18(13)12-6-4-5-7-14(12)20/h4-9H,1-3H3,(H2,21,23,24). The summed E-state index contributed by atoms with van der Waals surface area (Å²) in [5.74, 6) is 1.48. The summed E-state index contributed by atoms with van der Waals surface area (Å²) >= 11 is 6.46. The van der Waals surface area contributed by atoms with Crippen LogP contribution in [0.25, 0.3) is 0 Å². The Morgan fingerprint density at radius 3 is 2.56 bits per heavy atom. The van der Waals surface area contributed by atoms with Gasteiger partial charge in [-0.1, -0.05) is 29.8 Å². The predicted octanol–water partition coefficient (Wildman–Crippen LogP) is 3.88. The van der Waals surface area contributed by atoms with Crippen LogP contribution in [0.2, 0.25) is 5.02 Å². The van der Waals surface area contributed by atoms with Gasteiger partial charge in [-0.3, -0.25) is 5.43 Å². The van der Waals surface area contributed by atoms with Crippen LogP contribution in [0, 0.1) is 6.92 Å². The van der Waals surface area contributed by atoms with E-state index < -0.39 is 0 Å². The Kier molecular flexibility index (Phi) is 3.73. The van der Waals surface area contributed by atoms with Gasteiger partial charge in [0, 0.05) is 22.2 Å². The zero-order valence-electron chi connectivity index (χ0n) is 14.1. The molecule has 6 heteroatoms. The van der Waals surface area contributed by atoms with E-state index in [1.165, 1.54) is 0 Å². The summed E-state index contributed by atoms with van der Waals surface area (Å²) in [6.45, 7) is 3.97. The number of fused-ring (bicyclic) bond motifs is 2. The molecule has 0 bridgehead atoms. The van der Waals surface area contributed by atoms with E-state index in [1.807, 2.05) is 50.2 Å². The normalized spacial score (nSPS) is 15.4. The highest BCUT2D eigenvalue weighted by atomic mass is 35.5. The van der Waals surface area contributed by atoms with Crippen LogP contribution in [0.5, 0.6) is 5.75 Å². The first-order valence-electron chi connectivity index (χ1n) is 7.93. The predicted molar refractivity (Wildman–Crippen MR) is 101 cm³/mol. The molecule has 5 nitrogen and oxygen atoms in total. The number of hydrogen-bond donors (Lipinski definition) is 2. The van der Waals surface area contributed by atoms with Crippen molar-refractivity contribution in [2.45, 2.75) is 13.8 Å². The van der Waals surface area contributed by atoms with Crippen molar-refractivity contribution < 1.29 is 4.74 Å². The minimum atomic E-state index is 0.654. The number of halogens is 1. The van der Waals surface area contributed by atoms with Crippen LogP contribution in [0.3, 0.4) is 0 Å². The van der Waals surface area contributed by atoms with Gasteiger partial charge in [-0.15, -0.1) is 0 Å². The number of methoxy groups -OCH3 is 1. The topological polar surface area (TPSA) is 58.0 Å². The van der Waals surface area contributed by atoms with Crippen molar-refractivity contribution in [3.8, 4) is 5.75 Å². The number of benzene rings is 2. The second-order valence-electron chi connectivity index (χ2n) is 5.96. The fourth-order valence-electron chi connectivity index (χ4n) is 3.00. The number of amidine groups is 1. The number of allylic oxidation sites excluding steroid dienone is 1. The summed E-state index contributed by atoms with van der Waals surface area (Å²) in [5.41, 5.74) is 12.2. The highest BCUT2D eigenvalue weighted by molar-refractivity contribution is 6.36. The minimum Gasteiger partial charge on any atom is -0.496 e. The number of aliphatic imine (C=N–C) groups is 2. The molecule has 0 amide bonds. The number of rotatable bonds is 2. The summed E-state index contributed by atoms with van der Waals surface area (Å²) in [4.78, 5) is 9.66. The van der Waals surface area contributed by atoms with Gasteiger partial charge in [0.15, 0.2) is 5.84 Å². The van der Waals surface area contributed by atoms with Crippen molar-refractivity contribution in [3.63, 3.8) is 0 Å². The minimum absolute atomic E-state index is 0.654. The second kappa shape index (κ2) is 5.93. The molecule has 0 fully saturated rings. The molecule has 0 atom stereocenters. The van der Waals surface area contributed by atoms with Gasteiger partial charge in [0.1, 0.15) is 11.4 Å². The lowest BCUT2D eigenvalue weighted by Gasteiger charge is -2.13. The third-order valence-electron chi connectivity index (χ3n) is 4.30. The lowest BCUT2D eigenvalue weighted by atomic mass is 9.98. The molecule has 0 spiro atoms. The number of nitrogens with one attached hydrogen (secondary N) is 2. The Balaban J connectivity index is 2.04. The van der Waals surface area contributed by atoms with Crippen molar-refractivity contribution in [1.82, 2.24) is 10.9 Å². The molecule has 2 aliphatic rings. The largest absolute Gasteiger partial charge is 0.496 e. The van der Waals surface area contributed by atoms with Gasteiger partial charge >= 0.3 is 0 Å².